The molecule has 0 amide bonds. The lowest BCUT2D eigenvalue weighted by molar-refractivity contribution is -0.141. The van der Waals surface area contributed by atoms with E-state index in [9.17, 15) is 4.79 Å². The van der Waals surface area contributed by atoms with E-state index in [4.69, 9.17) is 10.2 Å². The molecule has 0 radical (unpaired) electrons. The first-order valence-electron chi connectivity index (χ1n) is 6.83. The number of unbranched alkanes of at least 4 members (excludes halogenated alkanes) is 2. The first-order chi connectivity index (χ1) is 7.99. The molecule has 2 atom stereocenters. The van der Waals surface area contributed by atoms with Gasteiger partial charge < -0.3 is 10.2 Å². The lowest BCUT2D eigenvalue weighted by atomic mass is 10.1. The molecule has 3 heteroatoms. The zero-order chi connectivity index (χ0) is 13.7. The number of aliphatic hydroxyl groups excluding tert-OH is 1. The summed E-state index contributed by atoms with van der Waals surface area (Å²) in [6.45, 7) is 8.41. The minimum Gasteiger partial charge on any atom is -0.481 e. The molecule has 0 aromatic heterocycles. The highest BCUT2D eigenvalue weighted by Gasteiger charge is 2.08. The summed E-state index contributed by atoms with van der Waals surface area (Å²) in [4.78, 5) is 10.2. The number of aliphatic hydroxyl groups is 1. The van der Waals surface area contributed by atoms with Gasteiger partial charge in [0, 0.05) is 6.61 Å². The molecule has 0 saturated heterocycles. The molecular weight excluding hydrogens is 216 g/mol. The van der Waals surface area contributed by atoms with Crippen LogP contribution in [0, 0.1) is 11.8 Å². The van der Waals surface area contributed by atoms with E-state index in [0.717, 1.165) is 19.3 Å². The van der Waals surface area contributed by atoms with Gasteiger partial charge in [-0.2, -0.15) is 0 Å². The van der Waals surface area contributed by atoms with E-state index in [1.807, 2.05) is 0 Å². The highest BCUT2D eigenvalue weighted by Crippen LogP contribution is 2.06. The van der Waals surface area contributed by atoms with Gasteiger partial charge in [0.25, 0.3) is 0 Å². The van der Waals surface area contributed by atoms with Crippen LogP contribution in [0.1, 0.15) is 66.2 Å². The predicted molar refractivity (Wildman–Crippen MR) is 72.1 cm³/mol. The average molecular weight is 246 g/mol. The summed E-state index contributed by atoms with van der Waals surface area (Å²) < 4.78 is 0. The van der Waals surface area contributed by atoms with Crippen molar-refractivity contribution in [2.24, 2.45) is 11.8 Å². The van der Waals surface area contributed by atoms with Gasteiger partial charge in [0.1, 0.15) is 0 Å². The van der Waals surface area contributed by atoms with Crippen LogP contribution in [0.4, 0.5) is 0 Å². The monoisotopic (exact) mass is 246 g/mol. The Morgan fingerprint density at radius 1 is 1.06 bits per heavy atom. The smallest absolute Gasteiger partial charge is 0.306 e. The third-order valence-corrected chi connectivity index (χ3v) is 2.77. The van der Waals surface area contributed by atoms with Crippen molar-refractivity contribution in [1.82, 2.24) is 0 Å². The van der Waals surface area contributed by atoms with Gasteiger partial charge in [0.2, 0.25) is 0 Å². The van der Waals surface area contributed by atoms with E-state index in [0.29, 0.717) is 12.5 Å². The molecule has 0 aliphatic heterocycles. The molecule has 0 aromatic carbocycles. The zero-order valence-corrected chi connectivity index (χ0v) is 11.9. The zero-order valence-electron chi connectivity index (χ0n) is 11.9. The van der Waals surface area contributed by atoms with Crippen molar-refractivity contribution in [3.8, 4) is 0 Å². The number of carboxylic acid groups (broad SMARTS) is 1. The molecular formula is C14H30O3. The van der Waals surface area contributed by atoms with Crippen LogP contribution in [-0.2, 0) is 4.79 Å². The molecule has 0 aliphatic carbocycles. The average Bonchev–Trinajstić information content (AvgIpc) is 2.33. The molecule has 0 aliphatic rings. The quantitative estimate of drug-likeness (QED) is 0.686. The van der Waals surface area contributed by atoms with Gasteiger partial charge in [-0.25, -0.2) is 0 Å². The number of rotatable bonds is 8. The molecule has 3 nitrogen and oxygen atoms in total. The van der Waals surface area contributed by atoms with E-state index in [2.05, 4.69) is 20.8 Å². The molecule has 2 unspecified atom stereocenters. The number of carbonyl (C=O) groups is 1. The fourth-order valence-electron chi connectivity index (χ4n) is 1.28. The van der Waals surface area contributed by atoms with Crippen molar-refractivity contribution in [2.75, 3.05) is 6.61 Å². The van der Waals surface area contributed by atoms with Crippen molar-refractivity contribution in [1.29, 1.82) is 0 Å². The molecule has 104 valence electrons. The fraction of sp³-hybridized carbons (Fsp3) is 0.929. The van der Waals surface area contributed by atoms with Gasteiger partial charge in [0.05, 0.1) is 5.92 Å². The van der Waals surface area contributed by atoms with Gasteiger partial charge in [-0.15, -0.1) is 0 Å². The van der Waals surface area contributed by atoms with Crippen LogP contribution in [0.25, 0.3) is 0 Å². The van der Waals surface area contributed by atoms with Gasteiger partial charge in [-0.3, -0.25) is 4.79 Å². The highest BCUT2D eigenvalue weighted by molar-refractivity contribution is 5.69. The van der Waals surface area contributed by atoms with Gasteiger partial charge >= 0.3 is 5.97 Å². The molecule has 17 heavy (non-hydrogen) atoms. The number of aliphatic carboxylic acids is 1. The Kier molecular flexibility index (Phi) is 14.9. The topological polar surface area (TPSA) is 57.5 Å². The second kappa shape index (κ2) is 13.5. The van der Waals surface area contributed by atoms with E-state index in [-0.39, 0.29) is 5.92 Å². The minimum atomic E-state index is -0.677. The Morgan fingerprint density at radius 2 is 1.53 bits per heavy atom. The normalized spacial score (nSPS) is 13.5. The maximum atomic E-state index is 10.2. The van der Waals surface area contributed by atoms with Crippen LogP contribution in [0.5, 0.6) is 0 Å². The molecule has 0 saturated carbocycles. The molecule has 0 bridgehead atoms. The van der Waals surface area contributed by atoms with Crippen molar-refractivity contribution in [3.05, 3.63) is 0 Å². The van der Waals surface area contributed by atoms with Crippen LogP contribution in [0.15, 0.2) is 0 Å². The van der Waals surface area contributed by atoms with Crippen LogP contribution in [0.3, 0.4) is 0 Å². The third-order valence-electron chi connectivity index (χ3n) is 2.77. The lowest BCUT2D eigenvalue weighted by Gasteiger charge is -2.03. The third kappa shape index (κ3) is 15.4. The lowest BCUT2D eigenvalue weighted by Crippen LogP contribution is -2.08. The van der Waals surface area contributed by atoms with Crippen molar-refractivity contribution < 1.29 is 15.0 Å². The summed E-state index contributed by atoms with van der Waals surface area (Å²) in [6, 6.07) is 0. The van der Waals surface area contributed by atoms with E-state index < -0.39 is 5.97 Å². The maximum absolute atomic E-state index is 10.2. The van der Waals surface area contributed by atoms with Crippen LogP contribution >= 0.6 is 0 Å². The van der Waals surface area contributed by atoms with Crippen LogP contribution in [0.2, 0.25) is 0 Å². The van der Waals surface area contributed by atoms with Crippen LogP contribution < -0.4 is 0 Å². The van der Waals surface area contributed by atoms with E-state index >= 15 is 0 Å². The summed E-state index contributed by atoms with van der Waals surface area (Å²) >= 11 is 0. The summed E-state index contributed by atoms with van der Waals surface area (Å²) in [5.41, 5.74) is 0. The first kappa shape index (κ1) is 18.8. The SMILES string of the molecule is CCCCC(C)C(=O)O.CCCCC(C)CO. The summed E-state index contributed by atoms with van der Waals surface area (Å²) in [7, 11) is 0. The predicted octanol–water partition coefficient (Wildman–Crippen LogP) is 3.70. The maximum Gasteiger partial charge on any atom is 0.306 e. The molecule has 0 fully saturated rings. The largest absolute Gasteiger partial charge is 0.481 e. The molecule has 0 spiro atoms. The molecule has 2 N–H and O–H groups in total. The Hall–Kier alpha value is -0.570. The van der Waals surface area contributed by atoms with E-state index in [1.165, 1.54) is 19.3 Å². The Labute approximate surface area is 106 Å². The number of carboxylic acids is 1. The highest BCUT2D eigenvalue weighted by atomic mass is 16.4. The van der Waals surface area contributed by atoms with Crippen molar-refractivity contribution in [3.63, 3.8) is 0 Å². The fourth-order valence-corrected chi connectivity index (χ4v) is 1.28. The van der Waals surface area contributed by atoms with Crippen molar-refractivity contribution in [2.45, 2.75) is 66.2 Å². The summed E-state index contributed by atoms with van der Waals surface area (Å²) in [6.07, 6.45) is 6.58. The Bertz CT molecular complexity index is 169. The second-order valence-electron chi connectivity index (χ2n) is 4.81. The Balaban J connectivity index is 0. The molecule has 0 heterocycles. The molecule has 0 aromatic rings. The minimum absolute atomic E-state index is 0.162. The first-order valence-corrected chi connectivity index (χ1v) is 6.83. The molecule has 0 rings (SSSR count). The standard InChI is InChI=1S/C7H14O2.C7H16O/c1-3-4-5-6(2)7(8)9;1-3-4-5-7(2)6-8/h6H,3-5H2,1-2H3,(H,8,9);7-8H,3-6H2,1-2H3. The number of hydrogen-bond acceptors (Lipinski definition) is 2. The van der Waals surface area contributed by atoms with Gasteiger partial charge in [-0.05, 0) is 18.8 Å². The van der Waals surface area contributed by atoms with Gasteiger partial charge in [0.15, 0.2) is 0 Å². The number of hydrogen-bond donors (Lipinski definition) is 2. The van der Waals surface area contributed by atoms with Crippen LogP contribution in [-0.4, -0.2) is 22.8 Å². The summed E-state index contributed by atoms with van der Waals surface area (Å²) in [5, 5.41) is 17.0. The van der Waals surface area contributed by atoms with Crippen molar-refractivity contribution >= 4 is 5.97 Å². The second-order valence-corrected chi connectivity index (χ2v) is 4.81. The van der Waals surface area contributed by atoms with Gasteiger partial charge in [-0.1, -0.05) is 53.4 Å². The summed E-state index contributed by atoms with van der Waals surface area (Å²) in [5.74, 6) is -0.330. The Morgan fingerprint density at radius 3 is 1.88 bits per heavy atom. The van der Waals surface area contributed by atoms with E-state index in [1.54, 1.807) is 6.92 Å².